The number of hydrogen-bond acceptors (Lipinski definition) is 3. The lowest BCUT2D eigenvalue weighted by Crippen LogP contribution is -2.26. The molecule has 3 nitrogen and oxygen atoms in total. The molecule has 0 saturated carbocycles. The molecule has 0 amide bonds. The van der Waals surface area contributed by atoms with Crippen molar-refractivity contribution in [2.75, 3.05) is 4.90 Å². The van der Waals surface area contributed by atoms with Crippen LogP contribution in [0.2, 0.25) is 0 Å². The molecular formula is C69H50N2O. The molecule has 0 N–H and O–H groups in total. The van der Waals surface area contributed by atoms with Crippen molar-refractivity contribution in [3.05, 3.63) is 302 Å². The Morgan fingerprint density at radius 3 is 1.19 bits per heavy atom. The van der Waals surface area contributed by atoms with Crippen LogP contribution in [0.25, 0.3) is 78.2 Å². The van der Waals surface area contributed by atoms with Crippen LogP contribution >= 0.6 is 0 Å². The highest BCUT2D eigenvalue weighted by Crippen LogP contribution is 2.45. The minimum absolute atomic E-state index is 0.346. The van der Waals surface area contributed by atoms with Gasteiger partial charge in [0.2, 0.25) is 5.89 Å². The van der Waals surface area contributed by atoms with Gasteiger partial charge in [0, 0.05) is 28.0 Å². The van der Waals surface area contributed by atoms with Gasteiger partial charge in [0.15, 0.2) is 5.58 Å². The highest BCUT2D eigenvalue weighted by Gasteiger charge is 2.33. The van der Waals surface area contributed by atoms with Gasteiger partial charge in [-0.25, -0.2) is 4.98 Å². The summed E-state index contributed by atoms with van der Waals surface area (Å²) >= 11 is 0. The monoisotopic (exact) mass is 922 g/mol. The van der Waals surface area contributed by atoms with Gasteiger partial charge in [-0.15, -0.1) is 0 Å². The van der Waals surface area contributed by atoms with Gasteiger partial charge < -0.3 is 9.32 Å². The number of nitrogens with zero attached hydrogens (tertiary/aromatic N) is 2. The van der Waals surface area contributed by atoms with Crippen molar-refractivity contribution in [3.8, 4) is 67.1 Å². The van der Waals surface area contributed by atoms with E-state index in [-0.39, 0.29) is 5.41 Å². The van der Waals surface area contributed by atoms with Crippen molar-refractivity contribution in [3.63, 3.8) is 0 Å². The predicted molar refractivity (Wildman–Crippen MR) is 300 cm³/mol. The fraction of sp³-hybridized carbons (Fsp3) is 0.0290. The summed E-state index contributed by atoms with van der Waals surface area (Å²) in [6.07, 6.45) is 0. The molecule has 0 saturated heterocycles. The van der Waals surface area contributed by atoms with Crippen LogP contribution in [0.1, 0.15) is 23.6 Å². The number of oxazole rings is 1. The summed E-state index contributed by atoms with van der Waals surface area (Å²) in [5.41, 5.74) is 21.0. The molecule has 0 radical (unpaired) electrons. The number of fused-ring (bicyclic) bond motifs is 1. The Morgan fingerprint density at radius 2 is 0.667 bits per heavy atom. The highest BCUT2D eigenvalue weighted by molar-refractivity contribution is 5.92. The minimum Gasteiger partial charge on any atom is -0.436 e. The molecule has 3 heteroatoms. The van der Waals surface area contributed by atoms with Gasteiger partial charge in [0.25, 0.3) is 0 Å². The van der Waals surface area contributed by atoms with E-state index >= 15 is 0 Å². The number of rotatable bonds is 12. The van der Waals surface area contributed by atoms with E-state index in [2.05, 4.69) is 273 Å². The van der Waals surface area contributed by atoms with Crippen LogP contribution in [0.4, 0.5) is 17.1 Å². The van der Waals surface area contributed by atoms with Gasteiger partial charge in [-0.3, -0.25) is 0 Å². The van der Waals surface area contributed by atoms with Gasteiger partial charge in [-0.2, -0.15) is 0 Å². The third-order valence-electron chi connectivity index (χ3n) is 14.2. The second-order valence-electron chi connectivity index (χ2n) is 18.4. The zero-order valence-corrected chi connectivity index (χ0v) is 39.9. The normalized spacial score (nSPS) is 11.4. The summed E-state index contributed by atoms with van der Waals surface area (Å²) < 4.78 is 6.08. The predicted octanol–water partition coefficient (Wildman–Crippen LogP) is 18.7. The van der Waals surface area contributed by atoms with Crippen LogP contribution in [0.15, 0.2) is 290 Å². The fourth-order valence-corrected chi connectivity index (χ4v) is 10.4. The van der Waals surface area contributed by atoms with Gasteiger partial charge in [0.05, 0.1) is 0 Å². The van der Waals surface area contributed by atoms with Crippen molar-refractivity contribution in [2.45, 2.75) is 12.3 Å². The largest absolute Gasteiger partial charge is 0.436 e. The van der Waals surface area contributed by atoms with Gasteiger partial charge in [-0.05, 0) is 140 Å². The molecule has 0 aliphatic carbocycles. The molecule has 0 aliphatic rings. The average Bonchev–Trinajstić information content (AvgIpc) is 3.91. The van der Waals surface area contributed by atoms with Gasteiger partial charge >= 0.3 is 0 Å². The van der Waals surface area contributed by atoms with E-state index in [1.54, 1.807) is 0 Å². The lowest BCUT2D eigenvalue weighted by molar-refractivity contribution is 0.620. The minimum atomic E-state index is -0.346. The molecule has 0 spiro atoms. The third-order valence-corrected chi connectivity index (χ3v) is 14.2. The van der Waals surface area contributed by atoms with Crippen molar-refractivity contribution < 1.29 is 4.42 Å². The Bertz CT molecular complexity index is 3700. The fourth-order valence-electron chi connectivity index (χ4n) is 10.4. The molecule has 11 aromatic carbocycles. The summed E-state index contributed by atoms with van der Waals surface area (Å²) in [6.45, 7) is 2.35. The van der Waals surface area contributed by atoms with E-state index in [4.69, 9.17) is 9.40 Å². The molecule has 1 aromatic heterocycles. The maximum absolute atomic E-state index is 6.08. The van der Waals surface area contributed by atoms with Crippen molar-refractivity contribution >= 4 is 28.2 Å². The molecule has 12 aromatic rings. The summed E-state index contributed by atoms with van der Waals surface area (Å²) in [7, 11) is 0. The summed E-state index contributed by atoms with van der Waals surface area (Å²) in [4.78, 5) is 7.05. The first-order valence-corrected chi connectivity index (χ1v) is 24.6. The van der Waals surface area contributed by atoms with Crippen LogP contribution in [-0.2, 0) is 5.41 Å². The van der Waals surface area contributed by atoms with Crippen LogP contribution < -0.4 is 4.90 Å². The Labute approximate surface area is 421 Å². The van der Waals surface area contributed by atoms with Gasteiger partial charge in [-0.1, -0.05) is 224 Å². The standard InChI is InChI=1S/C69H50N2O/c1-69(55-19-5-2-6-20-55,56-21-7-3-8-22-56)65-30-16-15-27-62(65)53-35-33-49(34-36-53)50-41-45-58(46-42-50)71(57-23-9-4-10-24-57)59-47-43-52(44-48-59)61-26-12-14-29-64(61)63-28-13-11-25-60(63)51-37-39-54(40-38-51)68-70-66-31-17-18-32-67(66)72-68/h2-48H,1H3. The van der Waals surface area contributed by atoms with Crippen molar-refractivity contribution in [1.29, 1.82) is 0 Å². The summed E-state index contributed by atoms with van der Waals surface area (Å²) in [6, 6.07) is 102. The third kappa shape index (κ3) is 8.37. The SMILES string of the molecule is CC(c1ccccc1)(c1ccccc1)c1ccccc1-c1ccc(-c2ccc(N(c3ccccc3)c3ccc(-c4ccccc4-c4ccccc4-c4ccc(-c5nc6ccccc6o5)cc4)cc3)cc2)cc1. The van der Waals surface area contributed by atoms with Crippen molar-refractivity contribution in [2.24, 2.45) is 0 Å². The lowest BCUT2D eigenvalue weighted by Gasteiger charge is -2.34. The van der Waals surface area contributed by atoms with E-state index in [0.29, 0.717) is 5.89 Å². The highest BCUT2D eigenvalue weighted by atomic mass is 16.3. The topological polar surface area (TPSA) is 29.3 Å². The Kier molecular flexibility index (Phi) is 11.7. The zero-order chi connectivity index (χ0) is 48.3. The lowest BCUT2D eigenvalue weighted by atomic mass is 9.69. The molecule has 1 heterocycles. The second-order valence-corrected chi connectivity index (χ2v) is 18.4. The van der Waals surface area contributed by atoms with E-state index in [1.165, 1.54) is 50.1 Å². The molecule has 0 aliphatic heterocycles. The number of hydrogen-bond donors (Lipinski definition) is 0. The van der Waals surface area contributed by atoms with Crippen LogP contribution in [0.3, 0.4) is 0 Å². The molecule has 12 rings (SSSR count). The number of anilines is 3. The first-order valence-electron chi connectivity index (χ1n) is 24.6. The molecule has 0 atom stereocenters. The molecule has 0 unspecified atom stereocenters. The Balaban J connectivity index is 0.823. The molecular weight excluding hydrogens is 873 g/mol. The molecule has 0 fully saturated rings. The maximum atomic E-state index is 6.08. The van der Waals surface area contributed by atoms with Gasteiger partial charge in [0.1, 0.15) is 5.52 Å². The first-order chi connectivity index (χ1) is 35.6. The number of aromatic nitrogens is 1. The Hall–Kier alpha value is -9.31. The maximum Gasteiger partial charge on any atom is 0.227 e. The first kappa shape index (κ1) is 43.9. The van der Waals surface area contributed by atoms with E-state index < -0.39 is 0 Å². The zero-order valence-electron chi connectivity index (χ0n) is 39.9. The number of benzene rings is 11. The quantitative estimate of drug-likeness (QED) is 0.114. The summed E-state index contributed by atoms with van der Waals surface area (Å²) in [5, 5.41) is 0. The Morgan fingerprint density at radius 1 is 0.306 bits per heavy atom. The van der Waals surface area contributed by atoms with E-state index in [1.807, 2.05) is 24.3 Å². The molecule has 0 bridgehead atoms. The van der Waals surface area contributed by atoms with E-state index in [9.17, 15) is 0 Å². The summed E-state index contributed by atoms with van der Waals surface area (Å²) in [5.74, 6) is 0.624. The van der Waals surface area contributed by atoms with Crippen LogP contribution in [0, 0.1) is 0 Å². The molecule has 72 heavy (non-hydrogen) atoms. The smallest absolute Gasteiger partial charge is 0.227 e. The second kappa shape index (κ2) is 19.2. The van der Waals surface area contributed by atoms with Crippen LogP contribution in [0.5, 0.6) is 0 Å². The molecule has 342 valence electrons. The van der Waals surface area contributed by atoms with E-state index in [0.717, 1.165) is 56.0 Å². The number of para-hydroxylation sites is 3. The van der Waals surface area contributed by atoms with Crippen molar-refractivity contribution in [1.82, 2.24) is 4.98 Å². The van der Waals surface area contributed by atoms with Crippen LogP contribution in [-0.4, -0.2) is 4.98 Å². The average molecular weight is 923 g/mol.